The molecule has 194 valence electrons. The van der Waals surface area contributed by atoms with E-state index in [-0.39, 0.29) is 12.2 Å². The lowest BCUT2D eigenvalue weighted by Gasteiger charge is -2.24. The minimum atomic E-state index is -0.686. The number of carbonyl (C=O) groups is 1. The molecule has 0 spiro atoms. The fourth-order valence-corrected chi connectivity index (χ4v) is 6.13. The van der Waals surface area contributed by atoms with Gasteiger partial charge in [0, 0.05) is 16.1 Å². The van der Waals surface area contributed by atoms with Gasteiger partial charge in [-0.3, -0.25) is 9.36 Å². The third-order valence-corrected chi connectivity index (χ3v) is 7.88. The minimum Gasteiger partial charge on any atom is -0.497 e. The second-order valence-electron chi connectivity index (χ2n) is 8.76. The molecule has 4 aromatic rings. The van der Waals surface area contributed by atoms with Crippen molar-refractivity contribution in [2.75, 3.05) is 13.7 Å². The third kappa shape index (κ3) is 4.79. The highest BCUT2D eigenvalue weighted by atomic mass is 79.9. The number of aryl methyl sites for hydroxylation is 1. The highest BCUT2D eigenvalue weighted by Crippen LogP contribution is 2.32. The molecule has 0 amide bonds. The van der Waals surface area contributed by atoms with Gasteiger partial charge in [0.2, 0.25) is 0 Å². The van der Waals surface area contributed by atoms with Gasteiger partial charge < -0.3 is 13.9 Å². The molecule has 1 aliphatic rings. The molecule has 38 heavy (non-hydrogen) atoms. The van der Waals surface area contributed by atoms with E-state index in [1.54, 1.807) is 43.7 Å². The molecule has 5 rings (SSSR count). The van der Waals surface area contributed by atoms with Crippen molar-refractivity contribution in [3.8, 4) is 17.1 Å². The van der Waals surface area contributed by atoms with Crippen LogP contribution in [0.2, 0.25) is 0 Å². The van der Waals surface area contributed by atoms with Crippen molar-refractivity contribution in [1.29, 1.82) is 0 Å². The lowest BCUT2D eigenvalue weighted by atomic mass is 9.96. The first kappa shape index (κ1) is 25.9. The zero-order chi connectivity index (χ0) is 27.0. The number of hydrogen-bond acceptors (Lipinski definition) is 7. The SMILES string of the molecule is CCOC(=O)C1=C(C)N=c2s/c(=C\c3ccc(-c4ccc(C)cc4Br)o3)c(=O)n2[C@H]1c1ccc(OC)cc1. The number of halogens is 1. The van der Waals surface area contributed by atoms with Crippen LogP contribution in [-0.2, 0) is 9.53 Å². The predicted octanol–water partition coefficient (Wildman–Crippen LogP) is 5.14. The molecule has 0 aliphatic carbocycles. The molecule has 9 heteroatoms. The summed E-state index contributed by atoms with van der Waals surface area (Å²) in [6.45, 7) is 5.75. The summed E-state index contributed by atoms with van der Waals surface area (Å²) in [6, 6.07) is 16.3. The quantitative estimate of drug-likeness (QED) is 0.290. The molecule has 0 fully saturated rings. The number of benzene rings is 2. The van der Waals surface area contributed by atoms with E-state index in [0.717, 1.165) is 21.2 Å². The summed E-state index contributed by atoms with van der Waals surface area (Å²) in [6.07, 6.45) is 1.71. The zero-order valence-electron chi connectivity index (χ0n) is 21.3. The normalized spacial score (nSPS) is 15.3. The van der Waals surface area contributed by atoms with Gasteiger partial charge in [-0.1, -0.05) is 45.5 Å². The third-order valence-electron chi connectivity index (χ3n) is 6.24. The first-order chi connectivity index (χ1) is 18.3. The Hall–Kier alpha value is -3.69. The van der Waals surface area contributed by atoms with Crippen LogP contribution in [-0.4, -0.2) is 24.3 Å². The number of hydrogen-bond donors (Lipinski definition) is 0. The van der Waals surface area contributed by atoms with Crippen LogP contribution >= 0.6 is 27.3 Å². The molecule has 2 aromatic carbocycles. The number of allylic oxidation sites excluding steroid dienone is 1. The molecule has 3 heterocycles. The highest BCUT2D eigenvalue weighted by Gasteiger charge is 2.33. The van der Waals surface area contributed by atoms with Gasteiger partial charge in [-0.15, -0.1) is 0 Å². The number of methoxy groups -OCH3 is 1. The van der Waals surface area contributed by atoms with E-state index in [1.807, 2.05) is 49.4 Å². The van der Waals surface area contributed by atoms with Crippen LogP contribution in [0.3, 0.4) is 0 Å². The van der Waals surface area contributed by atoms with Gasteiger partial charge in [-0.2, -0.15) is 0 Å². The Morgan fingerprint density at radius 3 is 2.61 bits per heavy atom. The smallest absolute Gasteiger partial charge is 0.338 e. The van der Waals surface area contributed by atoms with Crippen molar-refractivity contribution in [3.05, 3.63) is 107 Å². The van der Waals surface area contributed by atoms with Crippen LogP contribution < -0.4 is 19.6 Å². The number of ether oxygens (including phenoxy) is 2. The maximum atomic E-state index is 13.8. The number of aromatic nitrogens is 1. The van der Waals surface area contributed by atoms with E-state index in [0.29, 0.717) is 37.9 Å². The molecular weight excluding hydrogens is 568 g/mol. The van der Waals surface area contributed by atoms with Crippen molar-refractivity contribution >= 4 is 39.3 Å². The fraction of sp³-hybridized carbons (Fsp3) is 0.207. The number of thiazole rings is 1. The van der Waals surface area contributed by atoms with Gasteiger partial charge in [0.05, 0.1) is 35.6 Å². The topological polar surface area (TPSA) is 83.0 Å². The Bertz CT molecular complexity index is 1740. The van der Waals surface area contributed by atoms with Crippen LogP contribution in [0.5, 0.6) is 5.75 Å². The van der Waals surface area contributed by atoms with Gasteiger partial charge in [0.15, 0.2) is 4.80 Å². The Morgan fingerprint density at radius 2 is 1.92 bits per heavy atom. The van der Waals surface area contributed by atoms with E-state index in [1.165, 1.54) is 11.3 Å². The van der Waals surface area contributed by atoms with E-state index < -0.39 is 12.0 Å². The van der Waals surface area contributed by atoms with Gasteiger partial charge in [0.25, 0.3) is 5.56 Å². The Morgan fingerprint density at radius 1 is 1.16 bits per heavy atom. The van der Waals surface area contributed by atoms with Gasteiger partial charge in [0.1, 0.15) is 17.3 Å². The van der Waals surface area contributed by atoms with Crippen LogP contribution in [0.4, 0.5) is 0 Å². The fourth-order valence-electron chi connectivity index (χ4n) is 4.42. The molecular formula is C29H25BrN2O5S. The number of rotatable bonds is 6. The van der Waals surface area contributed by atoms with E-state index >= 15 is 0 Å². The summed E-state index contributed by atoms with van der Waals surface area (Å²) >= 11 is 4.85. The molecule has 0 bridgehead atoms. The van der Waals surface area contributed by atoms with Gasteiger partial charge in [-0.25, -0.2) is 9.79 Å². The molecule has 0 unspecified atom stereocenters. The Balaban J connectivity index is 1.63. The molecule has 1 atom stereocenters. The van der Waals surface area contributed by atoms with Crippen molar-refractivity contribution in [2.24, 2.45) is 4.99 Å². The van der Waals surface area contributed by atoms with Crippen molar-refractivity contribution in [2.45, 2.75) is 26.8 Å². The molecule has 7 nitrogen and oxygen atoms in total. The van der Waals surface area contributed by atoms with Crippen molar-refractivity contribution in [1.82, 2.24) is 4.57 Å². The average Bonchev–Trinajstić information content (AvgIpc) is 3.47. The molecule has 0 saturated heterocycles. The number of nitrogens with zero attached hydrogens (tertiary/aromatic N) is 2. The summed E-state index contributed by atoms with van der Waals surface area (Å²) in [5, 5.41) is 0. The van der Waals surface area contributed by atoms with E-state index in [4.69, 9.17) is 13.9 Å². The van der Waals surface area contributed by atoms with E-state index in [9.17, 15) is 9.59 Å². The predicted molar refractivity (Wildman–Crippen MR) is 150 cm³/mol. The standard InChI is InChI=1S/C29H25BrN2O5S/c1-5-36-28(34)25-17(3)31-29-32(26(25)18-7-9-19(35-4)10-8-18)27(33)24(38-29)15-20-11-13-23(37-20)21-12-6-16(2)14-22(21)30/h6-15,26H,5H2,1-4H3/b24-15-/t26-/m0/s1. The average molecular weight is 593 g/mol. The summed E-state index contributed by atoms with van der Waals surface area (Å²) in [7, 11) is 1.59. The molecule has 0 N–H and O–H groups in total. The van der Waals surface area contributed by atoms with Crippen LogP contribution in [0.25, 0.3) is 17.4 Å². The van der Waals surface area contributed by atoms with Crippen molar-refractivity contribution in [3.63, 3.8) is 0 Å². The maximum Gasteiger partial charge on any atom is 0.338 e. The molecule has 0 radical (unpaired) electrons. The maximum absolute atomic E-state index is 13.8. The highest BCUT2D eigenvalue weighted by molar-refractivity contribution is 9.10. The number of fused-ring (bicyclic) bond motifs is 1. The summed E-state index contributed by atoms with van der Waals surface area (Å²) < 4.78 is 19.6. The number of furan rings is 1. The minimum absolute atomic E-state index is 0.216. The van der Waals surface area contributed by atoms with Crippen LogP contribution in [0.15, 0.2) is 84.5 Å². The second kappa shape index (κ2) is 10.6. The number of carbonyl (C=O) groups excluding carboxylic acids is 1. The summed E-state index contributed by atoms with van der Waals surface area (Å²) in [4.78, 5) is 31.9. The first-order valence-corrected chi connectivity index (χ1v) is 13.6. The first-order valence-electron chi connectivity index (χ1n) is 12.0. The molecule has 0 saturated carbocycles. The Labute approximate surface area is 231 Å². The Kier molecular flexibility index (Phi) is 7.23. The zero-order valence-corrected chi connectivity index (χ0v) is 23.7. The molecule has 2 aromatic heterocycles. The molecule has 1 aliphatic heterocycles. The monoisotopic (exact) mass is 592 g/mol. The lowest BCUT2D eigenvalue weighted by Crippen LogP contribution is -2.39. The largest absolute Gasteiger partial charge is 0.497 e. The second-order valence-corrected chi connectivity index (χ2v) is 10.6. The van der Waals surface area contributed by atoms with Crippen molar-refractivity contribution < 1.29 is 18.7 Å². The van der Waals surface area contributed by atoms with Crippen LogP contribution in [0, 0.1) is 6.92 Å². The lowest BCUT2D eigenvalue weighted by molar-refractivity contribution is -0.139. The summed E-state index contributed by atoms with van der Waals surface area (Å²) in [5.74, 6) is 1.41. The van der Waals surface area contributed by atoms with Gasteiger partial charge >= 0.3 is 5.97 Å². The van der Waals surface area contributed by atoms with Gasteiger partial charge in [-0.05, 0) is 68.3 Å². The van der Waals surface area contributed by atoms with E-state index in [2.05, 4.69) is 20.9 Å². The van der Waals surface area contributed by atoms with Crippen LogP contribution in [0.1, 0.15) is 36.8 Å². The summed E-state index contributed by atoms with van der Waals surface area (Å²) in [5.41, 5.74) is 3.39. The number of esters is 1.